The summed E-state index contributed by atoms with van der Waals surface area (Å²) in [6.45, 7) is 3.93. The van der Waals surface area contributed by atoms with Crippen LogP contribution in [0.3, 0.4) is 0 Å². The number of benzene rings is 1. The van der Waals surface area contributed by atoms with Gasteiger partial charge in [0.05, 0.1) is 5.69 Å². The second-order valence-corrected chi connectivity index (χ2v) is 6.65. The fourth-order valence-corrected chi connectivity index (χ4v) is 3.25. The number of hydrogen-bond donors (Lipinski definition) is 1. The summed E-state index contributed by atoms with van der Waals surface area (Å²) in [5.74, 6) is 2.87. The third-order valence-corrected chi connectivity index (χ3v) is 4.58. The standard InChI is InChI=1S/C20H23N5O/c1-15-13-18(24-26-15)22-20-21-17(16-9-5-4-6-10-16)14-19(23-20)25-11-7-2-3-8-12-25/h4-6,9-10,13-14H,2-3,7-8,11-12H2,1H3,(H,21,22,23,24). The lowest BCUT2D eigenvalue weighted by molar-refractivity contribution is 0.400. The Kier molecular flexibility index (Phi) is 4.82. The summed E-state index contributed by atoms with van der Waals surface area (Å²) in [5.41, 5.74) is 1.98. The van der Waals surface area contributed by atoms with Crippen LogP contribution in [0.5, 0.6) is 0 Å². The van der Waals surface area contributed by atoms with Gasteiger partial charge in [0.15, 0.2) is 5.82 Å². The van der Waals surface area contributed by atoms with Crippen molar-refractivity contribution in [1.29, 1.82) is 0 Å². The zero-order valence-electron chi connectivity index (χ0n) is 15.0. The van der Waals surface area contributed by atoms with Gasteiger partial charge in [0.25, 0.3) is 0 Å². The molecule has 0 radical (unpaired) electrons. The Bertz CT molecular complexity index is 854. The molecular formula is C20H23N5O. The van der Waals surface area contributed by atoms with Gasteiger partial charge in [-0.2, -0.15) is 4.98 Å². The zero-order valence-corrected chi connectivity index (χ0v) is 15.0. The van der Waals surface area contributed by atoms with Gasteiger partial charge in [0, 0.05) is 30.8 Å². The van der Waals surface area contributed by atoms with E-state index in [2.05, 4.69) is 33.6 Å². The van der Waals surface area contributed by atoms with Crippen LogP contribution in [0.2, 0.25) is 0 Å². The smallest absolute Gasteiger partial charge is 0.231 e. The first-order valence-corrected chi connectivity index (χ1v) is 9.18. The molecule has 3 aromatic rings. The molecule has 0 spiro atoms. The van der Waals surface area contributed by atoms with Crippen molar-refractivity contribution in [3.05, 3.63) is 48.2 Å². The molecule has 1 fully saturated rings. The second-order valence-electron chi connectivity index (χ2n) is 6.65. The van der Waals surface area contributed by atoms with E-state index in [9.17, 15) is 0 Å². The van der Waals surface area contributed by atoms with Gasteiger partial charge in [-0.1, -0.05) is 48.3 Å². The van der Waals surface area contributed by atoms with E-state index in [0.29, 0.717) is 11.8 Å². The first-order chi connectivity index (χ1) is 12.8. The molecule has 1 aliphatic rings. The fraction of sp³-hybridized carbons (Fsp3) is 0.350. The number of aryl methyl sites for hydroxylation is 1. The number of rotatable bonds is 4. The Morgan fingerprint density at radius 3 is 2.42 bits per heavy atom. The van der Waals surface area contributed by atoms with E-state index in [1.165, 1.54) is 25.7 Å². The molecule has 6 heteroatoms. The molecule has 1 aromatic carbocycles. The molecule has 6 nitrogen and oxygen atoms in total. The zero-order chi connectivity index (χ0) is 17.8. The van der Waals surface area contributed by atoms with Crippen molar-refractivity contribution in [2.75, 3.05) is 23.3 Å². The molecule has 0 amide bonds. The number of anilines is 3. The summed E-state index contributed by atoms with van der Waals surface area (Å²) in [5, 5.41) is 7.17. The first kappa shape index (κ1) is 16.6. The van der Waals surface area contributed by atoms with Gasteiger partial charge in [-0.15, -0.1) is 0 Å². The summed E-state index contributed by atoms with van der Waals surface area (Å²) >= 11 is 0. The maximum absolute atomic E-state index is 5.14. The molecule has 2 aromatic heterocycles. The number of hydrogen-bond acceptors (Lipinski definition) is 6. The minimum atomic E-state index is 0.541. The average molecular weight is 349 g/mol. The third-order valence-electron chi connectivity index (χ3n) is 4.58. The summed E-state index contributed by atoms with van der Waals surface area (Å²) < 4.78 is 5.14. The van der Waals surface area contributed by atoms with E-state index < -0.39 is 0 Å². The van der Waals surface area contributed by atoms with Crippen LogP contribution in [0.1, 0.15) is 31.4 Å². The summed E-state index contributed by atoms with van der Waals surface area (Å²) in [4.78, 5) is 11.8. The van der Waals surface area contributed by atoms with Gasteiger partial charge in [-0.05, 0) is 19.8 Å². The predicted octanol–water partition coefficient (Wildman–Crippen LogP) is 4.56. The van der Waals surface area contributed by atoms with Gasteiger partial charge >= 0.3 is 0 Å². The van der Waals surface area contributed by atoms with Crippen LogP contribution in [0.25, 0.3) is 11.3 Å². The SMILES string of the molecule is Cc1cc(Nc2nc(-c3ccccc3)cc(N3CCCCCC3)n2)no1. The maximum atomic E-state index is 5.14. The van der Waals surface area contributed by atoms with Crippen molar-refractivity contribution in [3.63, 3.8) is 0 Å². The number of aromatic nitrogens is 3. The lowest BCUT2D eigenvalue weighted by Gasteiger charge is -2.22. The Morgan fingerprint density at radius 1 is 0.962 bits per heavy atom. The molecule has 0 saturated carbocycles. The van der Waals surface area contributed by atoms with Crippen LogP contribution in [0, 0.1) is 6.92 Å². The molecule has 0 atom stereocenters. The van der Waals surface area contributed by atoms with Gasteiger partial charge in [-0.3, -0.25) is 0 Å². The van der Waals surface area contributed by atoms with E-state index in [0.717, 1.165) is 35.9 Å². The van der Waals surface area contributed by atoms with Crippen LogP contribution >= 0.6 is 0 Å². The molecule has 1 aliphatic heterocycles. The van der Waals surface area contributed by atoms with Crippen molar-refractivity contribution < 1.29 is 4.52 Å². The minimum absolute atomic E-state index is 0.541. The fourth-order valence-electron chi connectivity index (χ4n) is 3.25. The van der Waals surface area contributed by atoms with Gasteiger partial charge in [0.1, 0.15) is 11.6 Å². The van der Waals surface area contributed by atoms with E-state index in [1.807, 2.05) is 31.2 Å². The Balaban J connectivity index is 1.71. The predicted molar refractivity (Wildman–Crippen MR) is 103 cm³/mol. The molecule has 0 bridgehead atoms. The maximum Gasteiger partial charge on any atom is 0.231 e. The highest BCUT2D eigenvalue weighted by molar-refractivity contribution is 5.66. The summed E-state index contributed by atoms with van der Waals surface area (Å²) in [6.07, 6.45) is 4.98. The van der Waals surface area contributed by atoms with Gasteiger partial charge in [-0.25, -0.2) is 4.98 Å². The molecule has 4 rings (SSSR count). The average Bonchev–Trinajstić information content (AvgIpc) is 2.91. The van der Waals surface area contributed by atoms with Crippen LogP contribution in [-0.2, 0) is 0 Å². The molecule has 3 heterocycles. The second kappa shape index (κ2) is 7.56. The van der Waals surface area contributed by atoms with Gasteiger partial charge < -0.3 is 14.7 Å². The quantitative estimate of drug-likeness (QED) is 0.744. The third kappa shape index (κ3) is 3.85. The van der Waals surface area contributed by atoms with Crippen LogP contribution in [0.15, 0.2) is 47.0 Å². The normalized spacial score (nSPS) is 14.9. The largest absolute Gasteiger partial charge is 0.360 e. The van der Waals surface area contributed by atoms with Gasteiger partial charge in [0.2, 0.25) is 5.95 Å². The molecule has 0 aliphatic carbocycles. The molecule has 1 saturated heterocycles. The van der Waals surface area contributed by atoms with Crippen molar-refractivity contribution in [2.24, 2.45) is 0 Å². The van der Waals surface area contributed by atoms with Crippen molar-refractivity contribution in [1.82, 2.24) is 15.1 Å². The topological polar surface area (TPSA) is 67.1 Å². The minimum Gasteiger partial charge on any atom is -0.360 e. The van der Waals surface area contributed by atoms with Crippen molar-refractivity contribution in [3.8, 4) is 11.3 Å². The lowest BCUT2D eigenvalue weighted by Crippen LogP contribution is -2.25. The molecule has 0 unspecified atom stereocenters. The Labute approximate surface area is 153 Å². The van der Waals surface area contributed by atoms with E-state index in [4.69, 9.17) is 14.5 Å². The lowest BCUT2D eigenvalue weighted by atomic mass is 10.1. The molecule has 1 N–H and O–H groups in total. The van der Waals surface area contributed by atoms with Crippen LogP contribution in [-0.4, -0.2) is 28.2 Å². The molecular weight excluding hydrogens is 326 g/mol. The van der Waals surface area contributed by atoms with E-state index >= 15 is 0 Å². The first-order valence-electron chi connectivity index (χ1n) is 9.18. The molecule has 26 heavy (non-hydrogen) atoms. The van der Waals surface area contributed by atoms with E-state index in [-0.39, 0.29) is 0 Å². The van der Waals surface area contributed by atoms with Crippen molar-refractivity contribution in [2.45, 2.75) is 32.6 Å². The number of nitrogens with one attached hydrogen (secondary N) is 1. The number of nitrogens with zero attached hydrogens (tertiary/aromatic N) is 4. The Morgan fingerprint density at radius 2 is 1.73 bits per heavy atom. The highest BCUT2D eigenvalue weighted by atomic mass is 16.5. The summed E-state index contributed by atoms with van der Waals surface area (Å²) in [7, 11) is 0. The van der Waals surface area contributed by atoms with Crippen LogP contribution < -0.4 is 10.2 Å². The highest BCUT2D eigenvalue weighted by Crippen LogP contribution is 2.26. The Hall–Kier alpha value is -2.89. The van der Waals surface area contributed by atoms with E-state index in [1.54, 1.807) is 0 Å². The highest BCUT2D eigenvalue weighted by Gasteiger charge is 2.15. The molecule has 134 valence electrons. The monoisotopic (exact) mass is 349 g/mol. The van der Waals surface area contributed by atoms with Crippen LogP contribution in [0.4, 0.5) is 17.6 Å². The summed E-state index contributed by atoms with van der Waals surface area (Å²) in [6, 6.07) is 14.1. The van der Waals surface area contributed by atoms with Crippen molar-refractivity contribution >= 4 is 17.6 Å².